The first-order valence-corrected chi connectivity index (χ1v) is 7.19. The molecule has 0 bridgehead atoms. The third kappa shape index (κ3) is 3.56. The quantitative estimate of drug-likeness (QED) is 0.860. The van der Waals surface area contributed by atoms with Gasteiger partial charge in [0.1, 0.15) is 0 Å². The molecular formula is C16H25NO. The number of nitrogens with one attached hydrogen (secondary N) is 1. The molecule has 1 fully saturated rings. The van der Waals surface area contributed by atoms with E-state index in [0.29, 0.717) is 12.0 Å². The van der Waals surface area contributed by atoms with Crippen LogP contribution in [0.4, 0.5) is 0 Å². The van der Waals surface area contributed by atoms with Crippen LogP contribution in [0.1, 0.15) is 43.4 Å². The van der Waals surface area contributed by atoms with Gasteiger partial charge in [-0.3, -0.25) is 0 Å². The molecule has 0 radical (unpaired) electrons. The summed E-state index contributed by atoms with van der Waals surface area (Å²) < 4.78 is 5.48. The van der Waals surface area contributed by atoms with Gasteiger partial charge in [0.25, 0.3) is 0 Å². The van der Waals surface area contributed by atoms with E-state index in [1.165, 1.54) is 30.4 Å². The van der Waals surface area contributed by atoms with Crippen LogP contribution in [0.3, 0.4) is 0 Å². The van der Waals surface area contributed by atoms with Gasteiger partial charge in [0.2, 0.25) is 0 Å². The van der Waals surface area contributed by atoms with Gasteiger partial charge in [-0.1, -0.05) is 36.8 Å². The van der Waals surface area contributed by atoms with Crippen LogP contribution in [0.5, 0.6) is 0 Å². The van der Waals surface area contributed by atoms with Crippen molar-refractivity contribution in [1.82, 2.24) is 5.32 Å². The lowest BCUT2D eigenvalue weighted by molar-refractivity contribution is 0.0536. The van der Waals surface area contributed by atoms with Crippen LogP contribution in [0.15, 0.2) is 24.3 Å². The van der Waals surface area contributed by atoms with Crippen molar-refractivity contribution in [3.8, 4) is 0 Å². The number of hydrogen-bond acceptors (Lipinski definition) is 2. The van der Waals surface area contributed by atoms with Gasteiger partial charge in [-0.15, -0.1) is 0 Å². The summed E-state index contributed by atoms with van der Waals surface area (Å²) in [5, 5.41) is 3.72. The average Bonchev–Trinajstić information content (AvgIpc) is 2.42. The van der Waals surface area contributed by atoms with Crippen molar-refractivity contribution in [2.45, 2.75) is 39.2 Å². The van der Waals surface area contributed by atoms with Crippen LogP contribution >= 0.6 is 0 Å². The number of ether oxygens (including phenoxy) is 1. The molecule has 2 nitrogen and oxygen atoms in total. The summed E-state index contributed by atoms with van der Waals surface area (Å²) in [5.41, 5.74) is 2.76. The fraction of sp³-hybridized carbons (Fsp3) is 0.625. The van der Waals surface area contributed by atoms with E-state index in [-0.39, 0.29) is 0 Å². The number of hydrogen-bond donors (Lipinski definition) is 1. The second kappa shape index (κ2) is 6.91. The van der Waals surface area contributed by atoms with Crippen molar-refractivity contribution >= 4 is 0 Å². The monoisotopic (exact) mass is 247 g/mol. The van der Waals surface area contributed by atoms with Gasteiger partial charge >= 0.3 is 0 Å². The molecule has 0 saturated carbocycles. The molecule has 1 atom stereocenters. The lowest BCUT2D eigenvalue weighted by atomic mass is 9.86. The summed E-state index contributed by atoms with van der Waals surface area (Å²) in [6.07, 6.45) is 3.54. The van der Waals surface area contributed by atoms with Crippen LogP contribution in [0.25, 0.3) is 0 Å². The molecule has 18 heavy (non-hydrogen) atoms. The Morgan fingerprint density at radius 3 is 2.50 bits per heavy atom. The van der Waals surface area contributed by atoms with Gasteiger partial charge in [0.15, 0.2) is 0 Å². The summed E-state index contributed by atoms with van der Waals surface area (Å²) in [4.78, 5) is 0. The Bertz CT molecular complexity index is 341. The van der Waals surface area contributed by atoms with Crippen LogP contribution in [-0.2, 0) is 4.74 Å². The van der Waals surface area contributed by atoms with Gasteiger partial charge in [0, 0.05) is 19.3 Å². The Kier molecular flexibility index (Phi) is 5.21. The van der Waals surface area contributed by atoms with E-state index in [0.717, 1.165) is 19.8 Å². The molecule has 1 aliphatic rings. The Balaban J connectivity index is 2.10. The summed E-state index contributed by atoms with van der Waals surface area (Å²) in [6, 6.07) is 9.48. The van der Waals surface area contributed by atoms with E-state index >= 15 is 0 Å². The average molecular weight is 247 g/mol. The molecule has 1 N–H and O–H groups in total. The molecule has 0 spiro atoms. The molecule has 100 valence electrons. The number of aryl methyl sites for hydroxylation is 1. The van der Waals surface area contributed by atoms with Gasteiger partial charge in [-0.25, -0.2) is 0 Å². The molecule has 0 aliphatic carbocycles. The zero-order valence-corrected chi connectivity index (χ0v) is 11.6. The van der Waals surface area contributed by atoms with E-state index in [4.69, 9.17) is 4.74 Å². The summed E-state index contributed by atoms with van der Waals surface area (Å²) in [7, 11) is 0. The molecule has 2 rings (SSSR count). The standard InChI is InChI=1S/C16H25NO/c1-3-10-17-16(15-8-11-18-12-9-15)14-6-4-13(2)5-7-14/h4-7,15-17H,3,8-12H2,1-2H3. The number of rotatable bonds is 5. The topological polar surface area (TPSA) is 21.3 Å². The third-order valence-electron chi connectivity index (χ3n) is 3.79. The largest absolute Gasteiger partial charge is 0.381 e. The van der Waals surface area contributed by atoms with E-state index in [9.17, 15) is 0 Å². The molecule has 0 aromatic heterocycles. The van der Waals surface area contributed by atoms with Crippen molar-refractivity contribution < 1.29 is 4.74 Å². The van der Waals surface area contributed by atoms with Crippen LogP contribution in [0, 0.1) is 12.8 Å². The predicted molar refractivity (Wildman–Crippen MR) is 75.8 cm³/mol. The van der Waals surface area contributed by atoms with Gasteiger partial charge < -0.3 is 10.1 Å². The number of benzene rings is 1. The Labute approximate surface area is 111 Å². The summed E-state index contributed by atoms with van der Waals surface area (Å²) in [5.74, 6) is 0.716. The first-order valence-electron chi connectivity index (χ1n) is 7.19. The van der Waals surface area contributed by atoms with Crippen molar-refractivity contribution in [1.29, 1.82) is 0 Å². The maximum Gasteiger partial charge on any atom is 0.0469 e. The lowest BCUT2D eigenvalue weighted by Crippen LogP contribution is -2.32. The highest BCUT2D eigenvalue weighted by atomic mass is 16.5. The second-order valence-corrected chi connectivity index (χ2v) is 5.29. The summed E-state index contributed by atoms with van der Waals surface area (Å²) >= 11 is 0. The Morgan fingerprint density at radius 2 is 1.89 bits per heavy atom. The predicted octanol–water partition coefficient (Wildman–Crippen LogP) is 3.46. The van der Waals surface area contributed by atoms with Crippen LogP contribution in [0.2, 0.25) is 0 Å². The molecule has 2 heteroatoms. The zero-order chi connectivity index (χ0) is 12.8. The van der Waals surface area contributed by atoms with Crippen molar-refractivity contribution in [2.75, 3.05) is 19.8 Å². The first kappa shape index (κ1) is 13.6. The minimum Gasteiger partial charge on any atom is -0.381 e. The highest BCUT2D eigenvalue weighted by Crippen LogP contribution is 2.30. The SMILES string of the molecule is CCCNC(c1ccc(C)cc1)C1CCOCC1. The molecule has 1 aromatic carbocycles. The minimum absolute atomic E-state index is 0.495. The van der Waals surface area contributed by atoms with Crippen molar-refractivity contribution in [3.05, 3.63) is 35.4 Å². The minimum atomic E-state index is 0.495. The molecule has 1 unspecified atom stereocenters. The van der Waals surface area contributed by atoms with Crippen molar-refractivity contribution in [2.24, 2.45) is 5.92 Å². The van der Waals surface area contributed by atoms with Gasteiger partial charge in [-0.05, 0) is 44.2 Å². The van der Waals surface area contributed by atoms with Gasteiger partial charge in [-0.2, -0.15) is 0 Å². The van der Waals surface area contributed by atoms with Crippen LogP contribution in [-0.4, -0.2) is 19.8 Å². The van der Waals surface area contributed by atoms with E-state index in [2.05, 4.69) is 43.4 Å². The highest BCUT2D eigenvalue weighted by Gasteiger charge is 2.24. The maximum atomic E-state index is 5.48. The van der Waals surface area contributed by atoms with E-state index < -0.39 is 0 Å². The Hall–Kier alpha value is -0.860. The molecule has 1 saturated heterocycles. The summed E-state index contributed by atoms with van der Waals surface area (Å²) in [6.45, 7) is 7.30. The Morgan fingerprint density at radius 1 is 1.22 bits per heavy atom. The van der Waals surface area contributed by atoms with Crippen molar-refractivity contribution in [3.63, 3.8) is 0 Å². The smallest absolute Gasteiger partial charge is 0.0469 e. The molecule has 1 aliphatic heterocycles. The molecular weight excluding hydrogens is 222 g/mol. The molecule has 1 aromatic rings. The normalized spacial score (nSPS) is 18.8. The third-order valence-corrected chi connectivity index (χ3v) is 3.79. The van der Waals surface area contributed by atoms with Gasteiger partial charge in [0.05, 0.1) is 0 Å². The first-order chi connectivity index (χ1) is 8.81. The lowest BCUT2D eigenvalue weighted by Gasteiger charge is -2.31. The maximum absolute atomic E-state index is 5.48. The fourth-order valence-electron chi connectivity index (χ4n) is 2.68. The molecule has 0 amide bonds. The highest BCUT2D eigenvalue weighted by molar-refractivity contribution is 5.24. The fourth-order valence-corrected chi connectivity index (χ4v) is 2.68. The second-order valence-electron chi connectivity index (χ2n) is 5.29. The molecule has 1 heterocycles. The van der Waals surface area contributed by atoms with Crippen LogP contribution < -0.4 is 5.32 Å². The van der Waals surface area contributed by atoms with E-state index in [1.54, 1.807) is 0 Å². The zero-order valence-electron chi connectivity index (χ0n) is 11.6. The van der Waals surface area contributed by atoms with E-state index in [1.807, 2.05) is 0 Å².